The van der Waals surface area contributed by atoms with Gasteiger partial charge in [-0.05, 0) is 24.6 Å². The van der Waals surface area contributed by atoms with Crippen LogP contribution in [0.2, 0.25) is 5.02 Å². The SMILES string of the molecule is C[C@H]([C@H](N)c1cccc(Cl)c1)S(C)(=O)=O. The minimum atomic E-state index is -3.13. The molecule has 0 heterocycles. The number of rotatable bonds is 3. The van der Waals surface area contributed by atoms with Gasteiger partial charge in [0.15, 0.2) is 9.84 Å². The summed E-state index contributed by atoms with van der Waals surface area (Å²) in [5.41, 5.74) is 6.59. The zero-order valence-electron chi connectivity index (χ0n) is 8.64. The largest absolute Gasteiger partial charge is 0.323 e. The van der Waals surface area contributed by atoms with Gasteiger partial charge < -0.3 is 5.73 Å². The summed E-state index contributed by atoms with van der Waals surface area (Å²) in [5.74, 6) is 0. The summed E-state index contributed by atoms with van der Waals surface area (Å²) >= 11 is 5.80. The van der Waals surface area contributed by atoms with E-state index in [-0.39, 0.29) is 0 Å². The van der Waals surface area contributed by atoms with Crippen molar-refractivity contribution in [1.29, 1.82) is 0 Å². The van der Waals surface area contributed by atoms with E-state index in [1.165, 1.54) is 6.26 Å². The Bertz CT molecular complexity index is 444. The topological polar surface area (TPSA) is 60.2 Å². The van der Waals surface area contributed by atoms with Gasteiger partial charge in [-0.1, -0.05) is 23.7 Å². The normalized spacial score (nSPS) is 16.0. The van der Waals surface area contributed by atoms with Crippen LogP contribution < -0.4 is 5.73 Å². The first kappa shape index (κ1) is 12.5. The lowest BCUT2D eigenvalue weighted by atomic mass is 10.1. The highest BCUT2D eigenvalue weighted by Crippen LogP contribution is 2.21. The third kappa shape index (κ3) is 3.19. The Balaban J connectivity index is 3.00. The first-order valence-electron chi connectivity index (χ1n) is 4.52. The van der Waals surface area contributed by atoms with Crippen LogP contribution in [0.5, 0.6) is 0 Å². The monoisotopic (exact) mass is 247 g/mol. The van der Waals surface area contributed by atoms with Crippen LogP contribution in [-0.4, -0.2) is 19.9 Å². The number of hydrogen-bond acceptors (Lipinski definition) is 3. The molecule has 0 unspecified atom stereocenters. The standard InChI is InChI=1S/C10H14ClNO2S/c1-7(15(2,13)14)10(12)8-4-3-5-9(11)6-8/h3-7,10H,12H2,1-2H3/t7-,10+/m1/s1. The molecule has 84 valence electrons. The Morgan fingerprint density at radius 1 is 1.40 bits per heavy atom. The van der Waals surface area contributed by atoms with Crippen LogP contribution in [0.3, 0.4) is 0 Å². The van der Waals surface area contributed by atoms with Crippen LogP contribution in [0, 0.1) is 0 Å². The molecule has 0 spiro atoms. The van der Waals surface area contributed by atoms with E-state index in [1.807, 2.05) is 0 Å². The van der Waals surface area contributed by atoms with E-state index in [1.54, 1.807) is 31.2 Å². The Morgan fingerprint density at radius 3 is 2.47 bits per heavy atom. The fraction of sp³-hybridized carbons (Fsp3) is 0.400. The van der Waals surface area contributed by atoms with Crippen molar-refractivity contribution < 1.29 is 8.42 Å². The molecule has 2 atom stereocenters. The van der Waals surface area contributed by atoms with Gasteiger partial charge in [0.05, 0.1) is 5.25 Å². The van der Waals surface area contributed by atoms with E-state index in [4.69, 9.17) is 17.3 Å². The predicted molar refractivity (Wildman–Crippen MR) is 62.7 cm³/mol. The smallest absolute Gasteiger partial charge is 0.151 e. The fourth-order valence-electron chi connectivity index (χ4n) is 1.25. The summed E-state index contributed by atoms with van der Waals surface area (Å²) in [5, 5.41) is -0.0559. The minimum absolute atomic E-state index is 0.543. The van der Waals surface area contributed by atoms with Gasteiger partial charge in [0.2, 0.25) is 0 Å². The number of sulfone groups is 1. The number of benzene rings is 1. The van der Waals surface area contributed by atoms with Crippen molar-refractivity contribution >= 4 is 21.4 Å². The Hall–Kier alpha value is -0.580. The predicted octanol–water partition coefficient (Wildman–Crippen LogP) is 1.77. The lowest BCUT2D eigenvalue weighted by Gasteiger charge is -2.18. The fourth-order valence-corrected chi connectivity index (χ4v) is 2.14. The minimum Gasteiger partial charge on any atom is -0.323 e. The van der Waals surface area contributed by atoms with Crippen LogP contribution in [0.25, 0.3) is 0 Å². The van der Waals surface area contributed by atoms with Crippen LogP contribution >= 0.6 is 11.6 Å². The van der Waals surface area contributed by atoms with E-state index >= 15 is 0 Å². The van der Waals surface area contributed by atoms with Crippen LogP contribution in [0.4, 0.5) is 0 Å². The van der Waals surface area contributed by atoms with Gasteiger partial charge in [-0.3, -0.25) is 0 Å². The Kier molecular flexibility index (Phi) is 3.76. The molecule has 1 aromatic rings. The second-order valence-electron chi connectivity index (χ2n) is 3.62. The van der Waals surface area contributed by atoms with E-state index in [2.05, 4.69) is 0 Å². The molecular formula is C10H14ClNO2S. The maximum Gasteiger partial charge on any atom is 0.151 e. The molecule has 0 amide bonds. The molecule has 3 nitrogen and oxygen atoms in total. The van der Waals surface area contributed by atoms with E-state index < -0.39 is 21.1 Å². The Morgan fingerprint density at radius 2 is 2.00 bits per heavy atom. The summed E-state index contributed by atoms with van der Waals surface area (Å²) in [4.78, 5) is 0. The van der Waals surface area contributed by atoms with Gasteiger partial charge in [-0.2, -0.15) is 0 Å². The van der Waals surface area contributed by atoms with Gasteiger partial charge in [0, 0.05) is 17.3 Å². The average molecular weight is 248 g/mol. The molecule has 0 bridgehead atoms. The molecule has 0 aromatic heterocycles. The number of hydrogen-bond donors (Lipinski definition) is 1. The molecule has 0 fully saturated rings. The van der Waals surface area contributed by atoms with Crippen molar-refractivity contribution in [2.24, 2.45) is 5.73 Å². The highest BCUT2D eigenvalue weighted by atomic mass is 35.5. The maximum atomic E-state index is 11.3. The molecule has 5 heteroatoms. The molecule has 2 N–H and O–H groups in total. The summed E-state index contributed by atoms with van der Waals surface area (Å²) < 4.78 is 22.6. The molecule has 0 radical (unpaired) electrons. The summed E-state index contributed by atoms with van der Waals surface area (Å²) in [6.45, 7) is 1.60. The molecule has 1 rings (SSSR count). The van der Waals surface area contributed by atoms with E-state index in [0.29, 0.717) is 5.02 Å². The van der Waals surface area contributed by atoms with Crippen molar-refractivity contribution in [2.75, 3.05) is 6.26 Å². The number of halogens is 1. The van der Waals surface area contributed by atoms with Crippen LogP contribution in [0.1, 0.15) is 18.5 Å². The molecular weight excluding hydrogens is 234 g/mol. The number of nitrogens with two attached hydrogens (primary N) is 1. The molecule has 0 aliphatic rings. The van der Waals surface area contributed by atoms with Crippen molar-refractivity contribution in [1.82, 2.24) is 0 Å². The quantitative estimate of drug-likeness (QED) is 0.886. The lowest BCUT2D eigenvalue weighted by Crippen LogP contribution is -2.30. The first-order chi connectivity index (χ1) is 6.82. The summed E-state index contributed by atoms with van der Waals surface area (Å²) in [6.07, 6.45) is 1.18. The Labute approximate surface area is 95.2 Å². The maximum absolute atomic E-state index is 11.3. The van der Waals surface area contributed by atoms with Crippen LogP contribution in [0.15, 0.2) is 24.3 Å². The molecule has 0 aliphatic heterocycles. The third-order valence-electron chi connectivity index (χ3n) is 2.41. The summed E-state index contributed by atoms with van der Waals surface area (Å²) in [7, 11) is -3.13. The third-order valence-corrected chi connectivity index (χ3v) is 4.29. The van der Waals surface area contributed by atoms with Gasteiger partial charge in [0.1, 0.15) is 0 Å². The molecule has 1 aromatic carbocycles. The molecule has 15 heavy (non-hydrogen) atoms. The van der Waals surface area contributed by atoms with E-state index in [9.17, 15) is 8.42 Å². The van der Waals surface area contributed by atoms with Gasteiger partial charge in [-0.25, -0.2) is 8.42 Å². The van der Waals surface area contributed by atoms with Crippen molar-refractivity contribution in [2.45, 2.75) is 18.2 Å². The van der Waals surface area contributed by atoms with Crippen molar-refractivity contribution in [3.8, 4) is 0 Å². The average Bonchev–Trinajstić information content (AvgIpc) is 2.14. The van der Waals surface area contributed by atoms with Gasteiger partial charge in [0.25, 0.3) is 0 Å². The van der Waals surface area contributed by atoms with E-state index in [0.717, 1.165) is 5.56 Å². The van der Waals surface area contributed by atoms with Crippen molar-refractivity contribution in [3.05, 3.63) is 34.9 Å². The second kappa shape index (κ2) is 4.51. The lowest BCUT2D eigenvalue weighted by molar-refractivity contribution is 0.571. The first-order valence-corrected chi connectivity index (χ1v) is 6.85. The van der Waals surface area contributed by atoms with Crippen LogP contribution in [-0.2, 0) is 9.84 Å². The van der Waals surface area contributed by atoms with Gasteiger partial charge >= 0.3 is 0 Å². The summed E-state index contributed by atoms with van der Waals surface area (Å²) in [6, 6.07) is 6.40. The molecule has 0 saturated heterocycles. The van der Waals surface area contributed by atoms with Crippen molar-refractivity contribution in [3.63, 3.8) is 0 Å². The second-order valence-corrected chi connectivity index (χ2v) is 6.45. The van der Waals surface area contributed by atoms with Gasteiger partial charge in [-0.15, -0.1) is 0 Å². The molecule has 0 saturated carbocycles. The zero-order chi connectivity index (χ0) is 11.6. The highest BCUT2D eigenvalue weighted by molar-refractivity contribution is 7.91. The molecule has 0 aliphatic carbocycles. The highest BCUT2D eigenvalue weighted by Gasteiger charge is 2.23. The zero-order valence-corrected chi connectivity index (χ0v) is 10.2.